The topological polar surface area (TPSA) is 49.3 Å². The third-order valence-corrected chi connectivity index (χ3v) is 4.62. The largest absolute Gasteiger partial charge is 0.352 e. The van der Waals surface area contributed by atoms with Gasteiger partial charge in [-0.3, -0.25) is 4.99 Å². The van der Waals surface area contributed by atoms with Crippen LogP contribution in [0.3, 0.4) is 0 Å². The molecule has 1 aromatic carbocycles. The smallest absolute Gasteiger partial charge is 0.191 e. The second-order valence-electron chi connectivity index (χ2n) is 4.48. The fourth-order valence-electron chi connectivity index (χ4n) is 1.76. The molecule has 2 aromatic rings. The predicted molar refractivity (Wildman–Crippen MR) is 92.7 cm³/mol. The molecule has 0 saturated heterocycles. The fourth-order valence-corrected chi connectivity index (χ4v) is 2.83. The van der Waals surface area contributed by atoms with Gasteiger partial charge in [-0.1, -0.05) is 35.0 Å². The summed E-state index contributed by atoms with van der Waals surface area (Å²) in [4.78, 5) is 9.92. The lowest BCUT2D eigenvalue weighted by Crippen LogP contribution is -2.36. The van der Waals surface area contributed by atoms with Crippen LogP contribution in [-0.2, 0) is 19.5 Å². The van der Waals surface area contributed by atoms with Gasteiger partial charge in [-0.15, -0.1) is 11.3 Å². The molecule has 1 heterocycles. The Labute approximate surface area is 137 Å². The van der Waals surface area contributed by atoms with Crippen molar-refractivity contribution in [3.63, 3.8) is 0 Å². The van der Waals surface area contributed by atoms with Crippen molar-refractivity contribution < 1.29 is 0 Å². The summed E-state index contributed by atoms with van der Waals surface area (Å²) in [5, 5.41) is 7.66. The van der Waals surface area contributed by atoms with Crippen LogP contribution in [0.2, 0.25) is 0 Å². The van der Waals surface area contributed by atoms with Gasteiger partial charge in [0.2, 0.25) is 0 Å². The van der Waals surface area contributed by atoms with E-state index >= 15 is 0 Å². The summed E-state index contributed by atoms with van der Waals surface area (Å²) < 4.78 is 1.09. The second kappa shape index (κ2) is 8.14. The zero-order valence-corrected chi connectivity index (χ0v) is 14.6. The van der Waals surface area contributed by atoms with Gasteiger partial charge in [-0.2, -0.15) is 0 Å². The van der Waals surface area contributed by atoms with Gasteiger partial charge in [0.25, 0.3) is 0 Å². The van der Waals surface area contributed by atoms with Crippen molar-refractivity contribution >= 4 is 33.2 Å². The third kappa shape index (κ3) is 5.13. The summed E-state index contributed by atoms with van der Waals surface area (Å²) in [6.45, 7) is 3.58. The van der Waals surface area contributed by atoms with E-state index in [0.717, 1.165) is 28.4 Å². The summed E-state index contributed by atoms with van der Waals surface area (Å²) >= 11 is 5.18. The minimum Gasteiger partial charge on any atom is -0.352 e. The summed E-state index contributed by atoms with van der Waals surface area (Å²) in [5.74, 6) is 0.783. The van der Waals surface area contributed by atoms with Gasteiger partial charge in [0.05, 0.1) is 6.54 Å². The van der Waals surface area contributed by atoms with Gasteiger partial charge in [0, 0.05) is 29.1 Å². The number of benzene rings is 1. The minimum atomic E-state index is 0.699. The average molecular weight is 367 g/mol. The Bertz CT molecular complexity index is 592. The standard InChI is InChI=1S/C15H19BrN4S/c1-3-13-9-18-14(21-13)10-20-15(17-2)19-8-11-4-6-12(16)7-5-11/h4-7,9H,3,8,10H2,1-2H3,(H2,17,19,20). The van der Waals surface area contributed by atoms with Crippen LogP contribution in [0.25, 0.3) is 0 Å². The lowest BCUT2D eigenvalue weighted by molar-refractivity contribution is 0.805. The van der Waals surface area contributed by atoms with Crippen molar-refractivity contribution in [2.75, 3.05) is 7.05 Å². The summed E-state index contributed by atoms with van der Waals surface area (Å²) in [5.41, 5.74) is 1.21. The lowest BCUT2D eigenvalue weighted by Gasteiger charge is -2.11. The number of rotatable bonds is 5. The first kappa shape index (κ1) is 16.0. The average Bonchev–Trinajstić information content (AvgIpc) is 2.97. The van der Waals surface area contributed by atoms with Crippen LogP contribution in [0, 0.1) is 0 Å². The van der Waals surface area contributed by atoms with E-state index in [-0.39, 0.29) is 0 Å². The quantitative estimate of drug-likeness (QED) is 0.630. The highest BCUT2D eigenvalue weighted by molar-refractivity contribution is 9.10. The van der Waals surface area contributed by atoms with Crippen molar-refractivity contribution in [1.82, 2.24) is 15.6 Å². The highest BCUT2D eigenvalue weighted by Crippen LogP contribution is 2.13. The number of hydrogen-bond donors (Lipinski definition) is 2. The first-order valence-electron chi connectivity index (χ1n) is 6.83. The molecule has 1 aromatic heterocycles. The van der Waals surface area contributed by atoms with E-state index < -0.39 is 0 Å². The van der Waals surface area contributed by atoms with Gasteiger partial charge >= 0.3 is 0 Å². The molecule has 0 radical (unpaired) electrons. The van der Waals surface area contributed by atoms with Crippen molar-refractivity contribution in [2.24, 2.45) is 4.99 Å². The summed E-state index contributed by atoms with van der Waals surface area (Å²) in [6.07, 6.45) is 2.98. The summed E-state index contributed by atoms with van der Waals surface area (Å²) in [6, 6.07) is 8.24. The normalized spacial score (nSPS) is 11.5. The number of guanidine groups is 1. The van der Waals surface area contributed by atoms with E-state index in [1.54, 1.807) is 18.4 Å². The number of halogens is 1. The Morgan fingerprint density at radius 2 is 1.95 bits per heavy atom. The molecule has 0 aliphatic carbocycles. The van der Waals surface area contributed by atoms with Crippen molar-refractivity contribution in [3.05, 3.63) is 50.4 Å². The van der Waals surface area contributed by atoms with Crippen LogP contribution in [0.5, 0.6) is 0 Å². The number of aryl methyl sites for hydroxylation is 1. The van der Waals surface area contributed by atoms with E-state index in [2.05, 4.69) is 55.6 Å². The zero-order valence-electron chi connectivity index (χ0n) is 12.2. The maximum absolute atomic E-state index is 4.39. The Hall–Kier alpha value is -1.40. The number of thiazole rings is 1. The molecule has 0 fully saturated rings. The molecule has 0 aliphatic rings. The van der Waals surface area contributed by atoms with E-state index in [1.807, 2.05) is 18.3 Å². The second-order valence-corrected chi connectivity index (χ2v) is 6.60. The van der Waals surface area contributed by atoms with Crippen LogP contribution in [0.1, 0.15) is 22.4 Å². The van der Waals surface area contributed by atoms with E-state index in [4.69, 9.17) is 0 Å². The fraction of sp³-hybridized carbons (Fsp3) is 0.333. The van der Waals surface area contributed by atoms with Crippen molar-refractivity contribution in [2.45, 2.75) is 26.4 Å². The van der Waals surface area contributed by atoms with Gasteiger partial charge in [-0.25, -0.2) is 4.98 Å². The van der Waals surface area contributed by atoms with Crippen LogP contribution >= 0.6 is 27.3 Å². The first-order chi connectivity index (χ1) is 10.2. The molecule has 2 rings (SSSR count). The van der Waals surface area contributed by atoms with Crippen molar-refractivity contribution in [1.29, 1.82) is 0 Å². The van der Waals surface area contributed by atoms with E-state index in [9.17, 15) is 0 Å². The van der Waals surface area contributed by atoms with Gasteiger partial charge in [0.15, 0.2) is 5.96 Å². The number of aliphatic imine (C=N–C) groups is 1. The molecule has 112 valence electrons. The van der Waals surface area contributed by atoms with E-state index in [0.29, 0.717) is 6.54 Å². The van der Waals surface area contributed by atoms with Gasteiger partial charge < -0.3 is 10.6 Å². The molecule has 0 spiro atoms. The molecule has 0 amide bonds. The Balaban J connectivity index is 1.81. The van der Waals surface area contributed by atoms with Crippen LogP contribution < -0.4 is 10.6 Å². The van der Waals surface area contributed by atoms with Crippen LogP contribution in [0.4, 0.5) is 0 Å². The SMILES string of the molecule is CCc1cnc(CNC(=NC)NCc2ccc(Br)cc2)s1. The number of nitrogens with one attached hydrogen (secondary N) is 2. The van der Waals surface area contributed by atoms with Crippen LogP contribution in [0.15, 0.2) is 39.9 Å². The highest BCUT2D eigenvalue weighted by atomic mass is 79.9. The lowest BCUT2D eigenvalue weighted by atomic mass is 10.2. The van der Waals surface area contributed by atoms with Crippen LogP contribution in [-0.4, -0.2) is 18.0 Å². The molecular formula is C15H19BrN4S. The van der Waals surface area contributed by atoms with Gasteiger partial charge in [-0.05, 0) is 24.1 Å². The number of aromatic nitrogens is 1. The maximum atomic E-state index is 4.39. The van der Waals surface area contributed by atoms with Gasteiger partial charge in [0.1, 0.15) is 5.01 Å². The molecular weight excluding hydrogens is 348 g/mol. The zero-order chi connectivity index (χ0) is 15.1. The number of nitrogens with zero attached hydrogens (tertiary/aromatic N) is 2. The molecule has 0 aliphatic heterocycles. The molecule has 0 bridgehead atoms. The molecule has 0 atom stereocenters. The Morgan fingerprint density at radius 1 is 1.24 bits per heavy atom. The predicted octanol–water partition coefficient (Wildman–Crippen LogP) is 3.33. The Kier molecular flexibility index (Phi) is 6.20. The maximum Gasteiger partial charge on any atom is 0.191 e. The summed E-state index contributed by atoms with van der Waals surface area (Å²) in [7, 11) is 1.77. The molecule has 21 heavy (non-hydrogen) atoms. The third-order valence-electron chi connectivity index (χ3n) is 2.95. The first-order valence-corrected chi connectivity index (χ1v) is 8.44. The molecule has 2 N–H and O–H groups in total. The Morgan fingerprint density at radius 3 is 2.57 bits per heavy atom. The molecule has 0 saturated carbocycles. The van der Waals surface area contributed by atoms with Crippen molar-refractivity contribution in [3.8, 4) is 0 Å². The highest BCUT2D eigenvalue weighted by Gasteiger charge is 2.02. The monoisotopic (exact) mass is 366 g/mol. The molecule has 0 unspecified atom stereocenters. The number of hydrogen-bond acceptors (Lipinski definition) is 3. The molecule has 6 heteroatoms. The minimum absolute atomic E-state index is 0.699. The molecule has 4 nitrogen and oxygen atoms in total. The van der Waals surface area contributed by atoms with E-state index in [1.165, 1.54) is 10.4 Å².